The van der Waals surface area contributed by atoms with Crippen molar-refractivity contribution in [2.24, 2.45) is 5.92 Å². The molecule has 0 spiro atoms. The number of hydrogen-bond acceptors (Lipinski definition) is 4. The predicted octanol–water partition coefficient (Wildman–Crippen LogP) is 2.48. The summed E-state index contributed by atoms with van der Waals surface area (Å²) < 4.78 is 0. The number of likely N-dealkylation sites (tertiary alicyclic amines) is 1. The van der Waals surface area contributed by atoms with E-state index in [1.54, 1.807) is 6.92 Å². The normalized spacial score (nSPS) is 18.6. The molecule has 1 aliphatic rings. The molecule has 7 heteroatoms. The van der Waals surface area contributed by atoms with E-state index < -0.39 is 5.97 Å². The zero-order valence-corrected chi connectivity index (χ0v) is 13.2. The maximum atomic E-state index is 12.1. The van der Waals surface area contributed by atoms with Crippen LogP contribution in [0.25, 0.3) is 0 Å². The Labute approximate surface area is 128 Å². The molecule has 116 valence electrons. The minimum Gasteiger partial charge on any atom is -0.477 e. The van der Waals surface area contributed by atoms with Crippen molar-refractivity contribution in [1.82, 2.24) is 15.2 Å². The number of aromatic carboxylic acids is 1. The van der Waals surface area contributed by atoms with Gasteiger partial charge in [-0.1, -0.05) is 13.3 Å². The van der Waals surface area contributed by atoms with Crippen molar-refractivity contribution < 1.29 is 14.7 Å². The van der Waals surface area contributed by atoms with Crippen molar-refractivity contribution in [3.05, 3.63) is 15.6 Å². The molecule has 2 heterocycles. The van der Waals surface area contributed by atoms with E-state index in [9.17, 15) is 9.59 Å². The first-order chi connectivity index (χ1) is 10.0. The van der Waals surface area contributed by atoms with Crippen LogP contribution in [0.3, 0.4) is 0 Å². The highest BCUT2D eigenvalue weighted by molar-refractivity contribution is 7.13. The number of carboxylic acid groups (broad SMARTS) is 1. The van der Waals surface area contributed by atoms with Crippen molar-refractivity contribution in [3.8, 4) is 0 Å². The molecule has 0 aliphatic carbocycles. The molecular weight excluding hydrogens is 290 g/mol. The third-order valence-corrected chi connectivity index (χ3v) is 4.95. The summed E-state index contributed by atoms with van der Waals surface area (Å²) in [6.07, 6.45) is 3.33. The van der Waals surface area contributed by atoms with E-state index in [1.165, 1.54) is 6.42 Å². The molecule has 1 aliphatic heterocycles. The highest BCUT2D eigenvalue weighted by Crippen LogP contribution is 2.20. The number of rotatable bonds is 4. The molecule has 1 saturated heterocycles. The minimum absolute atomic E-state index is 0.0853. The molecule has 0 saturated carbocycles. The zero-order valence-electron chi connectivity index (χ0n) is 12.4. The number of carbonyl (C=O) groups is 2. The smallest absolute Gasteiger partial charge is 0.347 e. The molecule has 1 aromatic rings. The molecule has 1 atom stereocenters. The summed E-state index contributed by atoms with van der Waals surface area (Å²) in [7, 11) is 0. The van der Waals surface area contributed by atoms with E-state index in [0.29, 0.717) is 16.6 Å². The molecule has 0 bridgehead atoms. The van der Waals surface area contributed by atoms with Crippen molar-refractivity contribution in [2.45, 2.75) is 39.7 Å². The van der Waals surface area contributed by atoms with Gasteiger partial charge in [0.2, 0.25) is 0 Å². The average Bonchev–Trinajstić information content (AvgIpc) is 2.86. The van der Waals surface area contributed by atoms with Crippen LogP contribution in [-0.2, 0) is 6.54 Å². The van der Waals surface area contributed by atoms with Gasteiger partial charge in [0, 0.05) is 13.1 Å². The quantitative estimate of drug-likeness (QED) is 0.895. The van der Waals surface area contributed by atoms with Gasteiger partial charge in [-0.3, -0.25) is 0 Å². The van der Waals surface area contributed by atoms with Crippen LogP contribution in [0.4, 0.5) is 4.79 Å². The van der Waals surface area contributed by atoms with Gasteiger partial charge in [-0.05, 0) is 25.7 Å². The molecule has 6 nitrogen and oxygen atoms in total. The molecule has 21 heavy (non-hydrogen) atoms. The average molecular weight is 311 g/mol. The third-order valence-electron chi connectivity index (χ3n) is 3.81. The number of piperidine rings is 1. The number of nitrogens with one attached hydrogen (secondary N) is 1. The topological polar surface area (TPSA) is 82.5 Å². The Kier molecular flexibility index (Phi) is 5.17. The fourth-order valence-corrected chi connectivity index (χ4v) is 3.42. The number of urea groups is 1. The van der Waals surface area contributed by atoms with Gasteiger partial charge >= 0.3 is 12.0 Å². The van der Waals surface area contributed by atoms with Gasteiger partial charge < -0.3 is 15.3 Å². The highest BCUT2D eigenvalue weighted by atomic mass is 32.1. The Bertz CT molecular complexity index is 530. The number of carbonyl (C=O) groups excluding carboxylic acids is 1. The molecule has 1 fully saturated rings. The summed E-state index contributed by atoms with van der Waals surface area (Å²) >= 11 is 1.12. The van der Waals surface area contributed by atoms with E-state index in [4.69, 9.17) is 5.11 Å². The maximum absolute atomic E-state index is 12.1. The molecule has 2 N–H and O–H groups in total. The van der Waals surface area contributed by atoms with Gasteiger partial charge in [-0.2, -0.15) is 0 Å². The lowest BCUT2D eigenvalue weighted by Crippen LogP contribution is -2.45. The minimum atomic E-state index is -0.968. The Balaban J connectivity index is 1.89. The van der Waals surface area contributed by atoms with Crippen LogP contribution in [0.1, 0.15) is 46.6 Å². The number of amides is 2. The summed E-state index contributed by atoms with van der Waals surface area (Å²) in [5, 5.41) is 12.5. The van der Waals surface area contributed by atoms with Crippen LogP contribution in [0.5, 0.6) is 0 Å². The van der Waals surface area contributed by atoms with Crippen molar-refractivity contribution >= 4 is 23.3 Å². The van der Waals surface area contributed by atoms with Gasteiger partial charge in [0.15, 0.2) is 0 Å². The monoisotopic (exact) mass is 311 g/mol. The Morgan fingerprint density at radius 2 is 2.29 bits per heavy atom. The number of carboxylic acids is 1. The summed E-state index contributed by atoms with van der Waals surface area (Å²) in [4.78, 5) is 29.4. The van der Waals surface area contributed by atoms with Crippen LogP contribution in [-0.4, -0.2) is 40.1 Å². The Hall–Kier alpha value is -1.63. The van der Waals surface area contributed by atoms with Crippen LogP contribution in [0, 0.1) is 12.8 Å². The van der Waals surface area contributed by atoms with E-state index >= 15 is 0 Å². The van der Waals surface area contributed by atoms with Gasteiger partial charge in [0.25, 0.3) is 0 Å². The fourth-order valence-electron chi connectivity index (χ4n) is 2.57. The third kappa shape index (κ3) is 3.93. The second-order valence-corrected chi connectivity index (χ2v) is 6.43. The van der Waals surface area contributed by atoms with Gasteiger partial charge in [0.1, 0.15) is 9.88 Å². The van der Waals surface area contributed by atoms with Gasteiger partial charge in [-0.15, -0.1) is 11.3 Å². The second kappa shape index (κ2) is 6.89. The molecule has 1 aromatic heterocycles. The number of nitrogens with zero attached hydrogens (tertiary/aromatic N) is 2. The van der Waals surface area contributed by atoms with Gasteiger partial charge in [-0.25, -0.2) is 14.6 Å². The summed E-state index contributed by atoms with van der Waals surface area (Å²) in [5.74, 6) is -0.380. The van der Waals surface area contributed by atoms with Crippen molar-refractivity contribution in [1.29, 1.82) is 0 Å². The van der Waals surface area contributed by atoms with E-state index in [-0.39, 0.29) is 17.5 Å². The van der Waals surface area contributed by atoms with E-state index in [2.05, 4.69) is 17.2 Å². The number of thiazole rings is 1. The molecular formula is C14H21N3O3S. The largest absolute Gasteiger partial charge is 0.477 e. The summed E-state index contributed by atoms with van der Waals surface area (Å²) in [6.45, 7) is 5.70. The first-order valence-electron chi connectivity index (χ1n) is 7.23. The Morgan fingerprint density at radius 1 is 1.52 bits per heavy atom. The van der Waals surface area contributed by atoms with Crippen molar-refractivity contribution in [3.63, 3.8) is 0 Å². The highest BCUT2D eigenvalue weighted by Gasteiger charge is 2.22. The maximum Gasteiger partial charge on any atom is 0.347 e. The second-order valence-electron chi connectivity index (χ2n) is 5.35. The lowest BCUT2D eigenvalue weighted by Gasteiger charge is -2.32. The standard InChI is InChI=1S/C14H21N3O3S/c1-3-10-5-4-6-17(8-10)14(20)15-7-11-16-9(2)12(21-11)13(18)19/h10H,3-8H2,1-2H3,(H,15,20)(H,18,19). The summed E-state index contributed by atoms with van der Waals surface area (Å²) in [5.41, 5.74) is 0.501. The van der Waals surface area contributed by atoms with Gasteiger partial charge in [0.05, 0.1) is 12.2 Å². The lowest BCUT2D eigenvalue weighted by atomic mass is 9.96. The zero-order chi connectivity index (χ0) is 15.4. The Morgan fingerprint density at radius 3 is 2.90 bits per heavy atom. The summed E-state index contributed by atoms with van der Waals surface area (Å²) in [6, 6.07) is -0.0853. The van der Waals surface area contributed by atoms with Crippen LogP contribution in [0.2, 0.25) is 0 Å². The molecule has 2 amide bonds. The van der Waals surface area contributed by atoms with Crippen molar-refractivity contribution in [2.75, 3.05) is 13.1 Å². The molecule has 0 aromatic carbocycles. The number of hydrogen-bond donors (Lipinski definition) is 2. The van der Waals surface area contributed by atoms with E-state index in [1.807, 2.05) is 4.90 Å². The molecule has 0 radical (unpaired) electrons. The van der Waals surface area contributed by atoms with Crippen LogP contribution >= 0.6 is 11.3 Å². The SMILES string of the molecule is CCC1CCCN(C(=O)NCc2nc(C)c(C(=O)O)s2)C1. The molecule has 2 rings (SSSR count). The van der Waals surface area contributed by atoms with Crippen LogP contribution < -0.4 is 5.32 Å². The lowest BCUT2D eigenvalue weighted by molar-refractivity contribution is 0.0701. The fraction of sp³-hybridized carbons (Fsp3) is 0.643. The van der Waals surface area contributed by atoms with Crippen LogP contribution in [0.15, 0.2) is 0 Å². The van der Waals surface area contributed by atoms with E-state index in [0.717, 1.165) is 37.3 Å². The molecule has 1 unspecified atom stereocenters. The first-order valence-corrected chi connectivity index (χ1v) is 8.05. The first kappa shape index (κ1) is 15.8. The number of aromatic nitrogens is 1. The predicted molar refractivity (Wildman–Crippen MR) is 80.6 cm³/mol. The number of aryl methyl sites for hydroxylation is 1.